The first-order valence-electron chi connectivity index (χ1n) is 6.48. The van der Waals surface area contributed by atoms with Gasteiger partial charge in [-0.3, -0.25) is 0 Å². The Hall–Kier alpha value is -0.0800. The van der Waals surface area contributed by atoms with Gasteiger partial charge in [0.15, 0.2) is 0 Å². The van der Waals surface area contributed by atoms with Crippen molar-refractivity contribution in [2.45, 2.75) is 71.0 Å². The van der Waals surface area contributed by atoms with Gasteiger partial charge < -0.3 is 10.6 Å². The monoisotopic (exact) mass is 212 g/mol. The molecule has 2 heteroatoms. The minimum atomic E-state index is 0.323. The van der Waals surface area contributed by atoms with Crippen LogP contribution < -0.4 is 5.73 Å². The van der Waals surface area contributed by atoms with Crippen molar-refractivity contribution in [3.05, 3.63) is 0 Å². The van der Waals surface area contributed by atoms with E-state index in [1.807, 2.05) is 0 Å². The van der Waals surface area contributed by atoms with Crippen molar-refractivity contribution in [2.75, 3.05) is 7.05 Å². The molecule has 1 saturated carbocycles. The van der Waals surface area contributed by atoms with Gasteiger partial charge in [-0.05, 0) is 46.1 Å². The molecule has 2 N–H and O–H groups in total. The molecule has 0 aromatic heterocycles. The van der Waals surface area contributed by atoms with E-state index in [4.69, 9.17) is 5.73 Å². The van der Waals surface area contributed by atoms with E-state index >= 15 is 0 Å². The predicted molar refractivity (Wildman–Crippen MR) is 66.9 cm³/mol. The maximum absolute atomic E-state index is 5.86. The van der Waals surface area contributed by atoms with Gasteiger partial charge in [-0.1, -0.05) is 19.8 Å². The fourth-order valence-corrected chi connectivity index (χ4v) is 2.84. The third-order valence-electron chi connectivity index (χ3n) is 3.89. The van der Waals surface area contributed by atoms with Crippen LogP contribution in [0.1, 0.15) is 52.9 Å². The SMILES string of the molecule is CC(N)CC(C)N(C)C1CCCC(C)C1. The molecule has 4 unspecified atom stereocenters. The van der Waals surface area contributed by atoms with Crippen molar-refractivity contribution in [3.63, 3.8) is 0 Å². The third kappa shape index (κ3) is 4.12. The molecule has 0 saturated heterocycles. The number of nitrogens with two attached hydrogens (primary N) is 1. The first-order valence-corrected chi connectivity index (χ1v) is 6.48. The molecule has 0 aromatic rings. The fourth-order valence-electron chi connectivity index (χ4n) is 2.84. The Kier molecular flexibility index (Phi) is 5.07. The number of nitrogens with zero attached hydrogens (tertiary/aromatic N) is 1. The van der Waals surface area contributed by atoms with Gasteiger partial charge in [0.25, 0.3) is 0 Å². The first-order chi connectivity index (χ1) is 7.00. The molecule has 2 nitrogen and oxygen atoms in total. The van der Waals surface area contributed by atoms with E-state index in [0.717, 1.165) is 18.4 Å². The van der Waals surface area contributed by atoms with E-state index in [9.17, 15) is 0 Å². The Labute approximate surface area is 95.2 Å². The van der Waals surface area contributed by atoms with Crippen LogP contribution in [0.2, 0.25) is 0 Å². The molecule has 0 aromatic carbocycles. The Morgan fingerprint density at radius 3 is 2.53 bits per heavy atom. The van der Waals surface area contributed by atoms with Crippen LogP contribution in [0.4, 0.5) is 0 Å². The highest BCUT2D eigenvalue weighted by molar-refractivity contribution is 4.80. The van der Waals surface area contributed by atoms with Crippen LogP contribution in [0, 0.1) is 5.92 Å². The molecule has 15 heavy (non-hydrogen) atoms. The standard InChI is InChI=1S/C13H28N2/c1-10-6-5-7-13(8-10)15(4)12(3)9-11(2)14/h10-13H,5-9,14H2,1-4H3. The summed E-state index contributed by atoms with van der Waals surface area (Å²) in [6.45, 7) is 6.80. The first kappa shape index (κ1) is 13.0. The van der Waals surface area contributed by atoms with Crippen molar-refractivity contribution < 1.29 is 0 Å². The van der Waals surface area contributed by atoms with Crippen molar-refractivity contribution in [1.29, 1.82) is 0 Å². The lowest BCUT2D eigenvalue weighted by Gasteiger charge is -2.38. The van der Waals surface area contributed by atoms with E-state index in [2.05, 4.69) is 32.7 Å². The second-order valence-electron chi connectivity index (χ2n) is 5.65. The number of hydrogen-bond donors (Lipinski definition) is 1. The molecule has 0 aliphatic heterocycles. The van der Waals surface area contributed by atoms with Gasteiger partial charge in [0.1, 0.15) is 0 Å². The summed E-state index contributed by atoms with van der Waals surface area (Å²) in [5, 5.41) is 0. The highest BCUT2D eigenvalue weighted by atomic mass is 15.2. The van der Waals surface area contributed by atoms with Crippen molar-refractivity contribution in [2.24, 2.45) is 11.7 Å². The predicted octanol–water partition coefficient (Wildman–Crippen LogP) is 2.62. The van der Waals surface area contributed by atoms with Crippen molar-refractivity contribution >= 4 is 0 Å². The molecule has 0 amide bonds. The highest BCUT2D eigenvalue weighted by Crippen LogP contribution is 2.28. The Morgan fingerprint density at radius 1 is 1.33 bits per heavy atom. The molecule has 1 aliphatic rings. The summed E-state index contributed by atoms with van der Waals surface area (Å²) in [7, 11) is 2.27. The lowest BCUT2D eigenvalue weighted by molar-refractivity contribution is 0.118. The molecule has 0 radical (unpaired) electrons. The molecule has 1 rings (SSSR count). The van der Waals surface area contributed by atoms with Crippen LogP contribution in [0.25, 0.3) is 0 Å². The third-order valence-corrected chi connectivity index (χ3v) is 3.89. The number of hydrogen-bond acceptors (Lipinski definition) is 2. The average molecular weight is 212 g/mol. The summed E-state index contributed by atoms with van der Waals surface area (Å²) in [6.07, 6.45) is 6.69. The number of rotatable bonds is 4. The summed E-state index contributed by atoms with van der Waals surface area (Å²) in [6, 6.07) is 1.74. The van der Waals surface area contributed by atoms with E-state index in [1.54, 1.807) is 0 Å². The van der Waals surface area contributed by atoms with Crippen LogP contribution in [0.15, 0.2) is 0 Å². The Bertz CT molecular complexity index is 179. The molecular weight excluding hydrogens is 184 g/mol. The molecule has 0 spiro atoms. The zero-order valence-corrected chi connectivity index (χ0v) is 10.9. The summed E-state index contributed by atoms with van der Waals surface area (Å²) < 4.78 is 0. The quantitative estimate of drug-likeness (QED) is 0.776. The minimum absolute atomic E-state index is 0.323. The van der Waals surface area contributed by atoms with Crippen molar-refractivity contribution in [3.8, 4) is 0 Å². The summed E-state index contributed by atoms with van der Waals surface area (Å²) in [4.78, 5) is 2.55. The smallest absolute Gasteiger partial charge is 0.00975 e. The maximum atomic E-state index is 5.86. The van der Waals surface area contributed by atoms with Gasteiger partial charge in [-0.25, -0.2) is 0 Å². The van der Waals surface area contributed by atoms with E-state index < -0.39 is 0 Å². The largest absolute Gasteiger partial charge is 0.328 e. The van der Waals surface area contributed by atoms with E-state index in [1.165, 1.54) is 25.7 Å². The molecule has 4 atom stereocenters. The van der Waals surface area contributed by atoms with Crippen LogP contribution in [0.5, 0.6) is 0 Å². The van der Waals surface area contributed by atoms with Gasteiger partial charge >= 0.3 is 0 Å². The molecule has 90 valence electrons. The van der Waals surface area contributed by atoms with Gasteiger partial charge in [-0.2, -0.15) is 0 Å². The lowest BCUT2D eigenvalue weighted by atomic mass is 9.85. The van der Waals surface area contributed by atoms with Gasteiger partial charge in [-0.15, -0.1) is 0 Å². The molecule has 0 heterocycles. The zero-order valence-electron chi connectivity index (χ0n) is 10.9. The topological polar surface area (TPSA) is 29.3 Å². The molecule has 0 bridgehead atoms. The summed E-state index contributed by atoms with van der Waals surface area (Å²) in [5.74, 6) is 0.911. The van der Waals surface area contributed by atoms with Crippen LogP contribution in [-0.4, -0.2) is 30.1 Å². The average Bonchev–Trinajstić information content (AvgIpc) is 2.15. The summed E-state index contributed by atoms with van der Waals surface area (Å²) in [5.41, 5.74) is 5.86. The van der Waals surface area contributed by atoms with Crippen LogP contribution in [0.3, 0.4) is 0 Å². The molecule has 1 fully saturated rings. The highest BCUT2D eigenvalue weighted by Gasteiger charge is 2.25. The Balaban J connectivity index is 2.40. The van der Waals surface area contributed by atoms with Crippen LogP contribution in [-0.2, 0) is 0 Å². The Morgan fingerprint density at radius 2 is 2.00 bits per heavy atom. The minimum Gasteiger partial charge on any atom is -0.328 e. The second kappa shape index (κ2) is 5.86. The normalized spacial score (nSPS) is 31.6. The van der Waals surface area contributed by atoms with Gasteiger partial charge in [0.2, 0.25) is 0 Å². The van der Waals surface area contributed by atoms with Crippen molar-refractivity contribution in [1.82, 2.24) is 4.90 Å². The maximum Gasteiger partial charge on any atom is 0.00975 e. The fraction of sp³-hybridized carbons (Fsp3) is 1.00. The molecule has 1 aliphatic carbocycles. The van der Waals surface area contributed by atoms with E-state index in [-0.39, 0.29) is 0 Å². The van der Waals surface area contributed by atoms with E-state index in [0.29, 0.717) is 12.1 Å². The summed E-state index contributed by atoms with van der Waals surface area (Å²) >= 11 is 0. The molecular formula is C13H28N2. The van der Waals surface area contributed by atoms with Crippen LogP contribution >= 0.6 is 0 Å². The van der Waals surface area contributed by atoms with Gasteiger partial charge in [0, 0.05) is 18.1 Å². The lowest BCUT2D eigenvalue weighted by Crippen LogP contribution is -2.43. The zero-order chi connectivity index (χ0) is 11.4. The second-order valence-corrected chi connectivity index (χ2v) is 5.65. The van der Waals surface area contributed by atoms with Gasteiger partial charge in [0.05, 0.1) is 0 Å².